The third-order valence-electron chi connectivity index (χ3n) is 2.81. The van der Waals surface area contributed by atoms with Gasteiger partial charge in [0.2, 0.25) is 0 Å². The first-order chi connectivity index (χ1) is 7.29. The zero-order valence-electron chi connectivity index (χ0n) is 11.0. The molecule has 0 heterocycles. The second kappa shape index (κ2) is 4.98. The van der Waals surface area contributed by atoms with E-state index in [9.17, 15) is 5.11 Å². The number of nitrogens with zero attached hydrogens (tertiary/aromatic N) is 1. The van der Waals surface area contributed by atoms with Gasteiger partial charge in [0.05, 0.1) is 5.60 Å². The van der Waals surface area contributed by atoms with E-state index in [0.717, 1.165) is 6.54 Å². The standard InChI is InChI=1S/C14H23NO/c1-11-7-6-8-13(12(11)2)9-15(5)10-14(3,4)16/h6-8,16H,9-10H2,1-5H3. The zero-order chi connectivity index (χ0) is 12.3. The molecule has 90 valence electrons. The summed E-state index contributed by atoms with van der Waals surface area (Å²) in [6.45, 7) is 9.54. The summed E-state index contributed by atoms with van der Waals surface area (Å²) >= 11 is 0. The summed E-state index contributed by atoms with van der Waals surface area (Å²) in [5.74, 6) is 0. The maximum atomic E-state index is 9.75. The Labute approximate surface area is 98.9 Å². The molecular formula is C14H23NO. The van der Waals surface area contributed by atoms with Crippen LogP contribution >= 0.6 is 0 Å². The lowest BCUT2D eigenvalue weighted by Crippen LogP contribution is -2.35. The smallest absolute Gasteiger partial charge is 0.0718 e. The van der Waals surface area contributed by atoms with Crippen molar-refractivity contribution in [1.82, 2.24) is 4.90 Å². The quantitative estimate of drug-likeness (QED) is 0.844. The third kappa shape index (κ3) is 3.95. The molecule has 0 aliphatic rings. The summed E-state index contributed by atoms with van der Waals surface area (Å²) in [5.41, 5.74) is 3.39. The third-order valence-corrected chi connectivity index (χ3v) is 2.81. The number of aryl methyl sites for hydroxylation is 1. The summed E-state index contributed by atoms with van der Waals surface area (Å²) in [4.78, 5) is 2.15. The first-order valence-corrected chi connectivity index (χ1v) is 5.75. The van der Waals surface area contributed by atoms with Gasteiger partial charge in [-0.3, -0.25) is 4.90 Å². The van der Waals surface area contributed by atoms with Gasteiger partial charge in [-0.15, -0.1) is 0 Å². The molecule has 0 aliphatic heterocycles. The molecular weight excluding hydrogens is 198 g/mol. The minimum atomic E-state index is -0.632. The number of hydrogen-bond acceptors (Lipinski definition) is 2. The highest BCUT2D eigenvalue weighted by Crippen LogP contribution is 2.15. The van der Waals surface area contributed by atoms with E-state index in [1.165, 1.54) is 16.7 Å². The molecule has 0 unspecified atom stereocenters. The van der Waals surface area contributed by atoms with E-state index in [0.29, 0.717) is 6.54 Å². The lowest BCUT2D eigenvalue weighted by molar-refractivity contribution is 0.0424. The predicted molar refractivity (Wildman–Crippen MR) is 68.5 cm³/mol. The minimum Gasteiger partial charge on any atom is -0.389 e. The Morgan fingerprint density at radius 2 is 1.88 bits per heavy atom. The van der Waals surface area contributed by atoms with Crippen LogP contribution in [0.25, 0.3) is 0 Å². The Bertz CT molecular complexity index is 352. The van der Waals surface area contributed by atoms with Gasteiger partial charge in [0.25, 0.3) is 0 Å². The number of benzene rings is 1. The maximum absolute atomic E-state index is 9.75. The topological polar surface area (TPSA) is 23.5 Å². The largest absolute Gasteiger partial charge is 0.389 e. The van der Waals surface area contributed by atoms with Gasteiger partial charge < -0.3 is 5.11 Å². The highest BCUT2D eigenvalue weighted by molar-refractivity contribution is 5.32. The van der Waals surface area contributed by atoms with Gasteiger partial charge in [-0.05, 0) is 51.4 Å². The lowest BCUT2D eigenvalue weighted by Gasteiger charge is -2.26. The molecule has 1 aromatic carbocycles. The highest BCUT2D eigenvalue weighted by Gasteiger charge is 2.16. The van der Waals surface area contributed by atoms with Gasteiger partial charge in [0.15, 0.2) is 0 Å². The van der Waals surface area contributed by atoms with Crippen molar-refractivity contribution in [2.75, 3.05) is 13.6 Å². The molecule has 2 heteroatoms. The van der Waals surface area contributed by atoms with Crippen LogP contribution < -0.4 is 0 Å². The summed E-state index contributed by atoms with van der Waals surface area (Å²) in [5, 5.41) is 9.75. The molecule has 0 spiro atoms. The summed E-state index contributed by atoms with van der Waals surface area (Å²) in [6.07, 6.45) is 0. The molecule has 0 saturated carbocycles. The summed E-state index contributed by atoms with van der Waals surface area (Å²) in [6, 6.07) is 6.38. The Kier molecular flexibility index (Phi) is 4.11. The predicted octanol–water partition coefficient (Wildman–Crippen LogP) is 2.51. The van der Waals surface area contributed by atoms with Gasteiger partial charge in [-0.1, -0.05) is 18.2 Å². The first kappa shape index (κ1) is 13.2. The number of likely N-dealkylation sites (N-methyl/N-ethyl adjacent to an activating group) is 1. The highest BCUT2D eigenvalue weighted by atomic mass is 16.3. The fraction of sp³-hybridized carbons (Fsp3) is 0.571. The molecule has 0 fully saturated rings. The Balaban J connectivity index is 2.70. The normalized spacial score (nSPS) is 12.2. The Hall–Kier alpha value is -0.860. The van der Waals surface area contributed by atoms with E-state index in [-0.39, 0.29) is 0 Å². The Morgan fingerprint density at radius 1 is 1.25 bits per heavy atom. The van der Waals surface area contributed by atoms with Crippen LogP contribution in [0.5, 0.6) is 0 Å². The van der Waals surface area contributed by atoms with Crippen molar-refractivity contribution in [3.05, 3.63) is 34.9 Å². The fourth-order valence-corrected chi connectivity index (χ4v) is 1.99. The van der Waals surface area contributed by atoms with Crippen molar-refractivity contribution in [3.63, 3.8) is 0 Å². The first-order valence-electron chi connectivity index (χ1n) is 5.75. The van der Waals surface area contributed by atoms with Gasteiger partial charge in [0.1, 0.15) is 0 Å². The van der Waals surface area contributed by atoms with Gasteiger partial charge in [-0.2, -0.15) is 0 Å². The molecule has 0 atom stereocenters. The zero-order valence-corrected chi connectivity index (χ0v) is 11.0. The van der Waals surface area contributed by atoms with Crippen molar-refractivity contribution in [2.45, 2.75) is 39.8 Å². The van der Waals surface area contributed by atoms with Crippen LogP contribution in [0.2, 0.25) is 0 Å². The summed E-state index contributed by atoms with van der Waals surface area (Å²) in [7, 11) is 2.04. The van der Waals surface area contributed by atoms with Crippen LogP contribution in [0.15, 0.2) is 18.2 Å². The number of hydrogen-bond donors (Lipinski definition) is 1. The van der Waals surface area contributed by atoms with Crippen LogP contribution in [0.4, 0.5) is 0 Å². The van der Waals surface area contributed by atoms with E-state index in [4.69, 9.17) is 0 Å². The van der Waals surface area contributed by atoms with E-state index < -0.39 is 5.60 Å². The average Bonchev–Trinajstić information content (AvgIpc) is 2.09. The average molecular weight is 221 g/mol. The molecule has 2 nitrogen and oxygen atoms in total. The molecule has 1 N–H and O–H groups in total. The van der Waals surface area contributed by atoms with E-state index in [2.05, 4.69) is 36.9 Å². The van der Waals surface area contributed by atoms with Crippen LogP contribution in [-0.2, 0) is 6.54 Å². The molecule has 1 rings (SSSR count). The van der Waals surface area contributed by atoms with Gasteiger partial charge >= 0.3 is 0 Å². The molecule has 16 heavy (non-hydrogen) atoms. The fourth-order valence-electron chi connectivity index (χ4n) is 1.99. The van der Waals surface area contributed by atoms with Gasteiger partial charge in [-0.25, -0.2) is 0 Å². The second-order valence-corrected chi connectivity index (χ2v) is 5.34. The molecule has 0 saturated heterocycles. The van der Waals surface area contributed by atoms with Crippen LogP contribution in [0.3, 0.4) is 0 Å². The van der Waals surface area contributed by atoms with Crippen LogP contribution in [-0.4, -0.2) is 29.2 Å². The van der Waals surface area contributed by atoms with Crippen molar-refractivity contribution < 1.29 is 5.11 Å². The molecule has 0 amide bonds. The van der Waals surface area contributed by atoms with E-state index in [1.807, 2.05) is 20.9 Å². The maximum Gasteiger partial charge on any atom is 0.0718 e. The van der Waals surface area contributed by atoms with Crippen molar-refractivity contribution in [3.8, 4) is 0 Å². The number of aliphatic hydroxyl groups is 1. The van der Waals surface area contributed by atoms with Crippen molar-refractivity contribution >= 4 is 0 Å². The molecule has 0 bridgehead atoms. The lowest BCUT2D eigenvalue weighted by atomic mass is 10.0. The van der Waals surface area contributed by atoms with E-state index >= 15 is 0 Å². The van der Waals surface area contributed by atoms with Crippen molar-refractivity contribution in [2.24, 2.45) is 0 Å². The monoisotopic (exact) mass is 221 g/mol. The second-order valence-electron chi connectivity index (χ2n) is 5.34. The Morgan fingerprint density at radius 3 is 2.44 bits per heavy atom. The number of rotatable bonds is 4. The van der Waals surface area contributed by atoms with Crippen molar-refractivity contribution in [1.29, 1.82) is 0 Å². The minimum absolute atomic E-state index is 0.632. The molecule has 0 aliphatic carbocycles. The SMILES string of the molecule is Cc1cccc(CN(C)CC(C)(C)O)c1C. The van der Waals surface area contributed by atoms with Crippen LogP contribution in [0.1, 0.15) is 30.5 Å². The molecule has 0 aromatic heterocycles. The van der Waals surface area contributed by atoms with Gasteiger partial charge in [0, 0.05) is 13.1 Å². The summed E-state index contributed by atoms with van der Waals surface area (Å²) < 4.78 is 0. The van der Waals surface area contributed by atoms with Crippen LogP contribution in [0, 0.1) is 13.8 Å². The molecule has 0 radical (unpaired) electrons. The molecule has 1 aromatic rings. The van der Waals surface area contributed by atoms with E-state index in [1.54, 1.807) is 0 Å².